The van der Waals surface area contributed by atoms with E-state index in [4.69, 9.17) is 0 Å². The van der Waals surface area contributed by atoms with Gasteiger partial charge in [-0.1, -0.05) is 0 Å². The molecule has 0 aliphatic rings. The predicted molar refractivity (Wildman–Crippen MR) is 65.1 cm³/mol. The second kappa shape index (κ2) is 5.63. The summed E-state index contributed by atoms with van der Waals surface area (Å²) in [6.07, 6.45) is 0. The van der Waals surface area contributed by atoms with Crippen LogP contribution in [-0.2, 0) is 14.6 Å². The van der Waals surface area contributed by atoms with Crippen LogP contribution in [0, 0.1) is 0 Å². The Balaban J connectivity index is 3.98. The molecule has 0 radical (unpaired) electrons. The molecule has 6 heteroatoms. The van der Waals surface area contributed by atoms with Gasteiger partial charge in [-0.2, -0.15) is 0 Å². The number of amides is 1. The second-order valence-corrected chi connectivity index (χ2v) is 7.76. The predicted octanol–water partition coefficient (Wildman–Crippen LogP) is -0.122. The summed E-state index contributed by atoms with van der Waals surface area (Å²) in [7, 11) is 0.222. The summed E-state index contributed by atoms with van der Waals surface area (Å²) < 4.78 is 22.7. The van der Waals surface area contributed by atoms with Gasteiger partial charge in [0.25, 0.3) is 0 Å². The number of hydrogen-bond donors (Lipinski definition) is 1. The lowest BCUT2D eigenvalue weighted by Crippen LogP contribution is -2.38. The summed E-state index contributed by atoms with van der Waals surface area (Å²) in [4.78, 5) is 12.6. The van der Waals surface area contributed by atoms with Crippen molar-refractivity contribution in [2.24, 2.45) is 0 Å². The molecule has 0 atom stereocenters. The number of likely N-dealkylation sites (N-methyl/N-ethyl adjacent to an activating group) is 1. The Hall–Kier alpha value is -0.620. The number of sulfone groups is 1. The summed E-state index contributed by atoms with van der Waals surface area (Å²) in [6.45, 7) is 5.50. The maximum Gasteiger partial charge on any atom is 0.236 e. The quantitative estimate of drug-likeness (QED) is 0.691. The Morgan fingerprint density at radius 1 is 1.25 bits per heavy atom. The van der Waals surface area contributed by atoms with E-state index in [0.29, 0.717) is 6.54 Å². The van der Waals surface area contributed by atoms with Crippen LogP contribution in [0.3, 0.4) is 0 Å². The summed E-state index contributed by atoms with van der Waals surface area (Å²) in [5.41, 5.74) is 0. The van der Waals surface area contributed by atoms with Crippen LogP contribution in [0.2, 0.25) is 0 Å². The van der Waals surface area contributed by atoms with Gasteiger partial charge >= 0.3 is 0 Å². The van der Waals surface area contributed by atoms with E-state index in [9.17, 15) is 13.2 Å². The van der Waals surface area contributed by atoms with Gasteiger partial charge in [0.2, 0.25) is 5.91 Å². The van der Waals surface area contributed by atoms with E-state index in [0.717, 1.165) is 0 Å². The van der Waals surface area contributed by atoms with Crippen LogP contribution in [0.15, 0.2) is 0 Å². The molecule has 0 heterocycles. The first-order valence-corrected chi connectivity index (χ1v) is 6.86. The van der Waals surface area contributed by atoms with E-state index in [-0.39, 0.29) is 18.2 Å². The average Bonchev–Trinajstić information content (AvgIpc) is 2.09. The minimum atomic E-state index is -3.10. The molecule has 5 nitrogen and oxygen atoms in total. The van der Waals surface area contributed by atoms with Gasteiger partial charge in [-0.05, 0) is 20.8 Å². The van der Waals surface area contributed by atoms with Crippen LogP contribution < -0.4 is 5.32 Å². The molecule has 0 unspecified atom stereocenters. The molecular weight excluding hydrogens is 228 g/mol. The van der Waals surface area contributed by atoms with Gasteiger partial charge in [0.1, 0.15) is 0 Å². The number of carbonyl (C=O) groups excluding carboxylic acids is 1. The molecular formula is C10H22N2O3S. The molecule has 0 saturated carbocycles. The molecule has 0 aromatic carbocycles. The first kappa shape index (κ1) is 15.4. The molecule has 96 valence electrons. The Labute approximate surface area is 98.1 Å². The largest absolute Gasteiger partial charge is 0.348 e. The number of nitrogens with one attached hydrogen (secondary N) is 1. The highest BCUT2D eigenvalue weighted by molar-refractivity contribution is 7.92. The summed E-state index contributed by atoms with van der Waals surface area (Å²) in [5, 5.41) is 2.82. The van der Waals surface area contributed by atoms with Crippen molar-refractivity contribution >= 4 is 15.7 Å². The minimum Gasteiger partial charge on any atom is -0.348 e. The van der Waals surface area contributed by atoms with E-state index in [2.05, 4.69) is 5.32 Å². The van der Waals surface area contributed by atoms with Crippen molar-refractivity contribution in [3.05, 3.63) is 0 Å². The number of rotatable bonds is 5. The van der Waals surface area contributed by atoms with Gasteiger partial charge in [0, 0.05) is 20.6 Å². The molecule has 1 N–H and O–H groups in total. The van der Waals surface area contributed by atoms with Crippen LogP contribution in [0.25, 0.3) is 0 Å². The highest BCUT2D eigenvalue weighted by Crippen LogP contribution is 2.14. The van der Waals surface area contributed by atoms with Crippen molar-refractivity contribution in [2.75, 3.05) is 32.9 Å². The zero-order valence-electron chi connectivity index (χ0n) is 10.7. The molecule has 16 heavy (non-hydrogen) atoms. The summed E-state index contributed by atoms with van der Waals surface area (Å²) >= 11 is 0. The molecule has 0 saturated heterocycles. The first-order chi connectivity index (χ1) is 7.08. The lowest BCUT2D eigenvalue weighted by molar-refractivity contribution is -0.127. The Morgan fingerprint density at radius 2 is 1.75 bits per heavy atom. The summed E-state index contributed by atoms with van der Waals surface area (Å²) in [5.74, 6) is -0.00911. The third-order valence-corrected chi connectivity index (χ3v) is 4.86. The van der Waals surface area contributed by atoms with Gasteiger partial charge in [-0.25, -0.2) is 8.42 Å². The van der Waals surface area contributed by atoms with Crippen LogP contribution >= 0.6 is 0 Å². The van der Waals surface area contributed by atoms with Crippen molar-refractivity contribution < 1.29 is 13.2 Å². The van der Waals surface area contributed by atoms with Crippen molar-refractivity contribution in [2.45, 2.75) is 25.5 Å². The van der Waals surface area contributed by atoms with Gasteiger partial charge in [-0.15, -0.1) is 0 Å². The molecule has 0 aliphatic carbocycles. The fourth-order valence-electron chi connectivity index (χ4n) is 0.866. The molecule has 0 fully saturated rings. The number of hydrogen-bond acceptors (Lipinski definition) is 4. The van der Waals surface area contributed by atoms with Crippen LogP contribution in [0.4, 0.5) is 0 Å². The monoisotopic (exact) mass is 250 g/mol. The van der Waals surface area contributed by atoms with Crippen molar-refractivity contribution in [1.82, 2.24) is 10.2 Å². The van der Waals surface area contributed by atoms with Crippen molar-refractivity contribution in [3.8, 4) is 0 Å². The molecule has 1 amide bonds. The average molecular weight is 250 g/mol. The smallest absolute Gasteiger partial charge is 0.236 e. The first-order valence-electron chi connectivity index (χ1n) is 5.21. The molecule has 0 aromatic rings. The Bertz CT molecular complexity index is 328. The fraction of sp³-hybridized carbons (Fsp3) is 0.900. The van der Waals surface area contributed by atoms with Crippen LogP contribution in [-0.4, -0.2) is 56.9 Å². The van der Waals surface area contributed by atoms with E-state index < -0.39 is 14.6 Å². The van der Waals surface area contributed by atoms with E-state index in [1.54, 1.807) is 34.9 Å². The third kappa shape index (κ3) is 4.94. The molecule has 0 bridgehead atoms. The minimum absolute atomic E-state index is 0.0528. The molecule has 0 rings (SSSR count). The van der Waals surface area contributed by atoms with E-state index in [1.807, 2.05) is 0 Å². The molecule has 0 aliphatic heterocycles. The highest BCUT2D eigenvalue weighted by Gasteiger charge is 2.28. The normalized spacial score (nSPS) is 12.6. The molecule has 0 spiro atoms. The number of nitrogens with zero attached hydrogens (tertiary/aromatic N) is 1. The maximum absolute atomic E-state index is 11.7. The molecule has 0 aromatic heterocycles. The van der Waals surface area contributed by atoms with Gasteiger partial charge in [0.15, 0.2) is 9.84 Å². The standard InChI is InChI=1S/C10H22N2O3S/c1-10(2,3)16(14,15)7-6-11-8-9(13)12(4)5/h11H,6-8H2,1-5H3. The van der Waals surface area contributed by atoms with Gasteiger partial charge in [-0.3, -0.25) is 4.79 Å². The lowest BCUT2D eigenvalue weighted by atomic mass is 10.3. The van der Waals surface area contributed by atoms with E-state index in [1.165, 1.54) is 4.90 Å². The van der Waals surface area contributed by atoms with Gasteiger partial charge in [0.05, 0.1) is 17.0 Å². The highest BCUT2D eigenvalue weighted by atomic mass is 32.2. The lowest BCUT2D eigenvalue weighted by Gasteiger charge is -2.19. The topological polar surface area (TPSA) is 66.5 Å². The maximum atomic E-state index is 11.7. The van der Waals surface area contributed by atoms with Crippen molar-refractivity contribution in [3.63, 3.8) is 0 Å². The number of carbonyl (C=O) groups is 1. The van der Waals surface area contributed by atoms with Gasteiger partial charge < -0.3 is 10.2 Å². The summed E-state index contributed by atoms with van der Waals surface area (Å²) in [6, 6.07) is 0. The van der Waals surface area contributed by atoms with Crippen LogP contribution in [0.1, 0.15) is 20.8 Å². The van der Waals surface area contributed by atoms with Crippen molar-refractivity contribution in [1.29, 1.82) is 0 Å². The Morgan fingerprint density at radius 3 is 2.12 bits per heavy atom. The Kier molecular flexibility index (Phi) is 5.41. The third-order valence-electron chi connectivity index (χ3n) is 2.26. The zero-order valence-corrected chi connectivity index (χ0v) is 11.5. The fourth-order valence-corrected chi connectivity index (χ4v) is 1.89. The van der Waals surface area contributed by atoms with E-state index >= 15 is 0 Å². The SMILES string of the molecule is CN(C)C(=O)CNCCS(=O)(=O)C(C)(C)C. The van der Waals surface area contributed by atoms with Crippen LogP contribution in [0.5, 0.6) is 0 Å². The zero-order chi connectivity index (χ0) is 13.0. The second-order valence-electron chi connectivity index (χ2n) is 4.90.